The van der Waals surface area contributed by atoms with E-state index in [1.54, 1.807) is 30.5 Å². The number of aromatic nitrogens is 2. The first-order valence-electron chi connectivity index (χ1n) is 4.56. The molecule has 0 aliphatic rings. The Morgan fingerprint density at radius 3 is 2.94 bits per heavy atom. The summed E-state index contributed by atoms with van der Waals surface area (Å²) in [6, 6.07) is 6.80. The van der Waals surface area contributed by atoms with Gasteiger partial charge < -0.3 is 9.73 Å². The molecule has 5 nitrogen and oxygen atoms in total. The molecule has 0 saturated heterocycles. The van der Waals surface area contributed by atoms with Crippen LogP contribution in [0.15, 0.2) is 39.5 Å². The Morgan fingerprint density at radius 1 is 1.44 bits per heavy atom. The van der Waals surface area contributed by atoms with Crippen LogP contribution in [0, 0.1) is 0 Å². The molecule has 0 saturated carbocycles. The van der Waals surface area contributed by atoms with Gasteiger partial charge in [0.1, 0.15) is 0 Å². The molecule has 0 bridgehead atoms. The maximum atomic E-state index is 11.6. The lowest BCUT2D eigenvalue weighted by Gasteiger charge is -2.01. The summed E-state index contributed by atoms with van der Waals surface area (Å²) >= 11 is 3.13. The lowest BCUT2D eigenvalue weighted by molar-refractivity contribution is 0.0921. The average molecular weight is 282 g/mol. The summed E-state index contributed by atoms with van der Waals surface area (Å²) in [7, 11) is 0. The second-order valence-corrected chi connectivity index (χ2v) is 3.78. The van der Waals surface area contributed by atoms with Gasteiger partial charge in [-0.25, -0.2) is 0 Å². The van der Waals surface area contributed by atoms with Gasteiger partial charge in [-0.05, 0) is 40.2 Å². The third-order valence-electron chi connectivity index (χ3n) is 1.85. The van der Waals surface area contributed by atoms with Crippen LogP contribution < -0.4 is 5.32 Å². The van der Waals surface area contributed by atoms with E-state index in [1.807, 2.05) is 0 Å². The van der Waals surface area contributed by atoms with Crippen molar-refractivity contribution in [2.45, 2.75) is 6.54 Å². The third kappa shape index (κ3) is 2.66. The fourth-order valence-electron chi connectivity index (χ4n) is 1.12. The highest BCUT2D eigenvalue weighted by Gasteiger charge is 2.09. The molecule has 82 valence electrons. The number of carbonyl (C=O) groups excluding carboxylic acids is 1. The third-order valence-corrected chi connectivity index (χ3v) is 2.28. The van der Waals surface area contributed by atoms with Crippen LogP contribution in [0.1, 0.15) is 16.2 Å². The van der Waals surface area contributed by atoms with Crippen molar-refractivity contribution in [1.82, 2.24) is 15.5 Å². The Kier molecular flexibility index (Phi) is 3.31. The highest BCUT2D eigenvalue weighted by molar-refractivity contribution is 9.10. The van der Waals surface area contributed by atoms with E-state index in [9.17, 15) is 4.79 Å². The Bertz CT molecular complexity index is 484. The minimum Gasteiger partial charge on any atom is -0.444 e. The molecule has 6 heteroatoms. The van der Waals surface area contributed by atoms with Crippen molar-refractivity contribution in [2.24, 2.45) is 0 Å². The number of carbonyl (C=O) groups is 1. The van der Waals surface area contributed by atoms with Crippen molar-refractivity contribution in [2.75, 3.05) is 0 Å². The summed E-state index contributed by atoms with van der Waals surface area (Å²) in [6.45, 7) is 0.324. The molecule has 16 heavy (non-hydrogen) atoms. The second kappa shape index (κ2) is 4.89. The van der Waals surface area contributed by atoms with E-state index in [-0.39, 0.29) is 11.7 Å². The van der Waals surface area contributed by atoms with Gasteiger partial charge in [0, 0.05) is 6.20 Å². The maximum absolute atomic E-state index is 11.6. The molecule has 0 aliphatic carbocycles. The van der Waals surface area contributed by atoms with E-state index in [0.717, 1.165) is 0 Å². The molecular formula is C10H8BrN3O2. The number of furan rings is 1. The van der Waals surface area contributed by atoms with Gasteiger partial charge in [0.25, 0.3) is 5.91 Å². The van der Waals surface area contributed by atoms with Gasteiger partial charge in [0.05, 0.1) is 12.2 Å². The summed E-state index contributed by atoms with van der Waals surface area (Å²) in [4.78, 5) is 11.6. The summed E-state index contributed by atoms with van der Waals surface area (Å²) in [6.07, 6.45) is 1.58. The molecule has 0 fully saturated rings. The molecule has 0 unspecified atom stereocenters. The van der Waals surface area contributed by atoms with Crippen molar-refractivity contribution < 1.29 is 9.21 Å². The standard InChI is InChI=1S/C10H8BrN3O2/c11-9-4-3-8(16-9)10(15)12-6-7-2-1-5-13-14-7/h1-5H,6H2,(H,12,15). The summed E-state index contributed by atoms with van der Waals surface area (Å²) < 4.78 is 5.63. The number of nitrogens with one attached hydrogen (secondary N) is 1. The minimum absolute atomic E-state index is 0.260. The Morgan fingerprint density at radius 2 is 2.31 bits per heavy atom. The van der Waals surface area contributed by atoms with Crippen molar-refractivity contribution in [3.8, 4) is 0 Å². The number of hydrogen-bond donors (Lipinski definition) is 1. The van der Waals surface area contributed by atoms with E-state index >= 15 is 0 Å². The topological polar surface area (TPSA) is 68.0 Å². The summed E-state index contributed by atoms with van der Waals surface area (Å²) in [5, 5.41) is 10.2. The van der Waals surface area contributed by atoms with Gasteiger partial charge in [-0.15, -0.1) is 0 Å². The first-order chi connectivity index (χ1) is 7.75. The Balaban J connectivity index is 1.94. The van der Waals surface area contributed by atoms with Crippen molar-refractivity contribution in [1.29, 1.82) is 0 Å². The molecule has 2 heterocycles. The average Bonchev–Trinajstić information content (AvgIpc) is 2.74. The molecule has 0 aliphatic heterocycles. The van der Waals surface area contributed by atoms with E-state index in [1.165, 1.54) is 0 Å². The van der Waals surface area contributed by atoms with Crippen LogP contribution in [0.25, 0.3) is 0 Å². The predicted molar refractivity (Wildman–Crippen MR) is 59.6 cm³/mol. The van der Waals surface area contributed by atoms with Gasteiger partial charge in [-0.3, -0.25) is 4.79 Å². The zero-order chi connectivity index (χ0) is 11.4. The monoisotopic (exact) mass is 281 g/mol. The number of nitrogens with zero attached hydrogens (tertiary/aromatic N) is 2. The highest BCUT2D eigenvalue weighted by Crippen LogP contribution is 2.13. The fourth-order valence-corrected chi connectivity index (χ4v) is 1.43. The highest BCUT2D eigenvalue weighted by atomic mass is 79.9. The van der Waals surface area contributed by atoms with Crippen molar-refractivity contribution in [3.63, 3.8) is 0 Å². The van der Waals surface area contributed by atoms with E-state index < -0.39 is 0 Å². The minimum atomic E-state index is -0.281. The smallest absolute Gasteiger partial charge is 0.287 e. The lowest BCUT2D eigenvalue weighted by Crippen LogP contribution is -2.22. The normalized spacial score (nSPS) is 10.1. The van der Waals surface area contributed by atoms with Gasteiger partial charge in [-0.1, -0.05) is 0 Å². The number of amides is 1. The Hall–Kier alpha value is -1.69. The summed E-state index contributed by atoms with van der Waals surface area (Å²) in [5.74, 6) is -0.0212. The molecule has 0 spiro atoms. The van der Waals surface area contributed by atoms with Crippen molar-refractivity contribution >= 4 is 21.8 Å². The molecule has 1 N–H and O–H groups in total. The maximum Gasteiger partial charge on any atom is 0.287 e. The lowest BCUT2D eigenvalue weighted by atomic mass is 10.3. The summed E-state index contributed by atoms with van der Waals surface area (Å²) in [5.41, 5.74) is 0.696. The zero-order valence-electron chi connectivity index (χ0n) is 8.18. The van der Waals surface area contributed by atoms with Crippen LogP contribution in [-0.4, -0.2) is 16.1 Å². The molecule has 2 aromatic rings. The van der Waals surface area contributed by atoms with Gasteiger partial charge in [0.2, 0.25) is 0 Å². The molecule has 1 amide bonds. The number of hydrogen-bond acceptors (Lipinski definition) is 4. The number of halogens is 1. The van der Waals surface area contributed by atoms with E-state index in [0.29, 0.717) is 16.9 Å². The van der Waals surface area contributed by atoms with Gasteiger partial charge in [0.15, 0.2) is 10.4 Å². The van der Waals surface area contributed by atoms with Gasteiger partial charge >= 0.3 is 0 Å². The second-order valence-electron chi connectivity index (χ2n) is 3.00. The van der Waals surface area contributed by atoms with Crippen LogP contribution in [0.5, 0.6) is 0 Å². The van der Waals surface area contributed by atoms with Crippen LogP contribution in [0.3, 0.4) is 0 Å². The first-order valence-corrected chi connectivity index (χ1v) is 5.35. The van der Waals surface area contributed by atoms with E-state index in [4.69, 9.17) is 4.42 Å². The Labute approximate surface area is 100.0 Å². The number of rotatable bonds is 3. The fraction of sp³-hybridized carbons (Fsp3) is 0.100. The first kappa shape index (κ1) is 10.8. The van der Waals surface area contributed by atoms with Gasteiger partial charge in [-0.2, -0.15) is 10.2 Å². The van der Waals surface area contributed by atoms with Crippen LogP contribution in [-0.2, 0) is 6.54 Å². The largest absolute Gasteiger partial charge is 0.444 e. The SMILES string of the molecule is O=C(NCc1cccnn1)c1ccc(Br)o1. The molecule has 0 radical (unpaired) electrons. The molecular weight excluding hydrogens is 274 g/mol. The zero-order valence-corrected chi connectivity index (χ0v) is 9.77. The molecule has 2 rings (SSSR count). The van der Waals surface area contributed by atoms with Crippen molar-refractivity contribution in [3.05, 3.63) is 46.6 Å². The van der Waals surface area contributed by atoms with E-state index in [2.05, 4.69) is 31.4 Å². The molecule has 0 aromatic carbocycles. The molecule has 0 atom stereocenters. The van der Waals surface area contributed by atoms with Crippen LogP contribution in [0.4, 0.5) is 0 Å². The molecule has 2 aromatic heterocycles. The quantitative estimate of drug-likeness (QED) is 0.931. The van der Waals surface area contributed by atoms with Crippen LogP contribution >= 0.6 is 15.9 Å². The predicted octanol–water partition coefficient (Wildman–Crippen LogP) is 1.76. The van der Waals surface area contributed by atoms with Crippen LogP contribution in [0.2, 0.25) is 0 Å².